The predicted octanol–water partition coefficient (Wildman–Crippen LogP) is 3.17. The van der Waals surface area contributed by atoms with Gasteiger partial charge in [0.2, 0.25) is 0 Å². The average molecular weight is 269 g/mol. The maximum atomic E-state index is 8.92. The topological polar surface area (TPSA) is 35.8 Å². The van der Waals surface area contributed by atoms with E-state index < -0.39 is 0 Å². The van der Waals surface area contributed by atoms with E-state index in [2.05, 4.69) is 48.2 Å². The van der Waals surface area contributed by atoms with Gasteiger partial charge in [-0.3, -0.25) is 4.90 Å². The van der Waals surface area contributed by atoms with Crippen molar-refractivity contribution in [2.45, 2.75) is 32.9 Å². The van der Waals surface area contributed by atoms with Gasteiger partial charge in [0.25, 0.3) is 0 Å². The van der Waals surface area contributed by atoms with Crippen LogP contribution in [0.3, 0.4) is 0 Å². The molecule has 0 radical (unpaired) electrons. The van der Waals surface area contributed by atoms with E-state index in [0.29, 0.717) is 12.0 Å². The number of piperidine rings is 1. The first-order valence-corrected chi connectivity index (χ1v) is 6.19. The highest BCUT2D eigenvalue weighted by Crippen LogP contribution is 2.21. The van der Waals surface area contributed by atoms with E-state index in [1.165, 1.54) is 5.56 Å². The van der Waals surface area contributed by atoms with Crippen LogP contribution in [0.1, 0.15) is 25.8 Å². The van der Waals surface area contributed by atoms with Gasteiger partial charge in [0, 0.05) is 31.5 Å². The first-order chi connectivity index (χ1) is 8.20. The lowest BCUT2D eigenvalue weighted by atomic mass is 9.92. The molecule has 4 heteroatoms. The average Bonchev–Trinajstić information content (AvgIpc) is 2.34. The lowest BCUT2D eigenvalue weighted by Crippen LogP contribution is -2.44. The van der Waals surface area contributed by atoms with Crippen LogP contribution < -0.4 is 0 Å². The van der Waals surface area contributed by atoms with Gasteiger partial charge in [-0.25, -0.2) is 0 Å². The molecule has 1 aliphatic heterocycles. The first-order valence-electron chi connectivity index (χ1n) is 6.19. The van der Waals surface area contributed by atoms with Gasteiger partial charge in [-0.05, 0) is 12.5 Å². The molecule has 3 nitrogen and oxygen atoms in total. The number of nitrogens with zero attached hydrogens (tertiary/aromatic N) is 2. The van der Waals surface area contributed by atoms with Crippen molar-refractivity contribution in [3.8, 4) is 0 Å². The smallest absolute Gasteiger partial charge is 0.0627 e. The quantitative estimate of drug-likeness (QED) is 0.661. The highest BCUT2D eigenvalue weighted by Gasteiger charge is 2.27. The number of hydrogen-bond acceptors (Lipinski definition) is 3. The molecule has 0 spiro atoms. The maximum Gasteiger partial charge on any atom is 0.0627 e. The Balaban J connectivity index is 0.00000162. The molecule has 1 aromatic rings. The molecule has 0 aromatic heterocycles. The lowest BCUT2D eigenvalue weighted by Gasteiger charge is -2.37. The summed E-state index contributed by atoms with van der Waals surface area (Å²) in [6, 6.07) is 11.0. The van der Waals surface area contributed by atoms with Crippen molar-refractivity contribution in [2.75, 3.05) is 6.54 Å². The molecule has 1 fully saturated rings. The minimum atomic E-state index is 0. The summed E-state index contributed by atoms with van der Waals surface area (Å²) in [6.45, 7) is 6.26. The fourth-order valence-corrected chi connectivity index (χ4v) is 2.45. The van der Waals surface area contributed by atoms with Crippen molar-refractivity contribution in [2.24, 2.45) is 11.1 Å². The number of rotatable bonds is 2. The highest BCUT2D eigenvalue weighted by molar-refractivity contribution is 5.87. The lowest BCUT2D eigenvalue weighted by molar-refractivity contribution is 0.168. The molecular formula is C14H21ClN2O. The zero-order chi connectivity index (χ0) is 12.3. The van der Waals surface area contributed by atoms with Crippen molar-refractivity contribution < 1.29 is 5.21 Å². The van der Waals surface area contributed by atoms with Crippen LogP contribution in [0.15, 0.2) is 35.5 Å². The summed E-state index contributed by atoms with van der Waals surface area (Å²) in [5, 5.41) is 12.3. The Hall–Kier alpha value is -1.06. The van der Waals surface area contributed by atoms with Crippen LogP contribution in [0.4, 0.5) is 0 Å². The van der Waals surface area contributed by atoms with Crippen molar-refractivity contribution >= 4 is 18.1 Å². The van der Waals surface area contributed by atoms with Gasteiger partial charge >= 0.3 is 0 Å². The molecule has 1 heterocycles. The fourth-order valence-electron chi connectivity index (χ4n) is 2.45. The molecule has 100 valence electrons. The summed E-state index contributed by atoms with van der Waals surface area (Å²) < 4.78 is 0. The Morgan fingerprint density at radius 2 is 1.94 bits per heavy atom. The van der Waals surface area contributed by atoms with Crippen LogP contribution in [-0.2, 0) is 6.54 Å². The minimum Gasteiger partial charge on any atom is -0.411 e. The van der Waals surface area contributed by atoms with Gasteiger partial charge in [-0.1, -0.05) is 42.4 Å². The van der Waals surface area contributed by atoms with Gasteiger partial charge in [-0.15, -0.1) is 12.4 Å². The van der Waals surface area contributed by atoms with E-state index in [0.717, 1.165) is 25.2 Å². The Morgan fingerprint density at radius 3 is 2.56 bits per heavy atom. The van der Waals surface area contributed by atoms with E-state index in [1.54, 1.807) is 0 Å². The normalized spacial score (nSPS) is 26.9. The van der Waals surface area contributed by atoms with Crippen LogP contribution >= 0.6 is 12.4 Å². The number of benzene rings is 1. The van der Waals surface area contributed by atoms with Crippen LogP contribution in [0.2, 0.25) is 0 Å². The van der Waals surface area contributed by atoms with E-state index >= 15 is 0 Å². The molecule has 1 saturated heterocycles. The molecule has 2 unspecified atom stereocenters. The van der Waals surface area contributed by atoms with Gasteiger partial charge in [0.15, 0.2) is 0 Å². The molecule has 0 aliphatic carbocycles. The molecule has 1 N–H and O–H groups in total. The molecule has 1 aromatic carbocycles. The minimum absolute atomic E-state index is 0. The first kappa shape index (κ1) is 15.0. The third-order valence-corrected chi connectivity index (χ3v) is 3.56. The molecule has 0 amide bonds. The SMILES string of the molecule is CC1CN(Cc2ccccc2)C(C)CC1=NO.Cl. The monoisotopic (exact) mass is 268 g/mol. The second-order valence-electron chi connectivity index (χ2n) is 4.96. The molecule has 2 rings (SSSR count). The number of halogens is 1. The van der Waals surface area contributed by atoms with Gasteiger partial charge < -0.3 is 5.21 Å². The molecule has 18 heavy (non-hydrogen) atoms. The predicted molar refractivity (Wildman–Crippen MR) is 76.6 cm³/mol. The number of hydrogen-bond donors (Lipinski definition) is 1. The van der Waals surface area contributed by atoms with E-state index in [4.69, 9.17) is 5.21 Å². The molecule has 2 atom stereocenters. The Morgan fingerprint density at radius 1 is 1.28 bits per heavy atom. The summed E-state index contributed by atoms with van der Waals surface area (Å²) in [5.41, 5.74) is 2.28. The van der Waals surface area contributed by atoms with Crippen molar-refractivity contribution in [3.05, 3.63) is 35.9 Å². The standard InChI is InChI=1S/C14H20N2O.ClH/c1-11-9-16(12(2)8-14(11)15-17)10-13-6-4-3-5-7-13;/h3-7,11-12,17H,8-10H2,1-2H3;1H. The largest absolute Gasteiger partial charge is 0.411 e. The second-order valence-corrected chi connectivity index (χ2v) is 4.96. The summed E-state index contributed by atoms with van der Waals surface area (Å²) in [7, 11) is 0. The van der Waals surface area contributed by atoms with Gasteiger partial charge in [-0.2, -0.15) is 0 Å². The van der Waals surface area contributed by atoms with Crippen LogP contribution in [0.5, 0.6) is 0 Å². The summed E-state index contributed by atoms with van der Waals surface area (Å²) >= 11 is 0. The van der Waals surface area contributed by atoms with Crippen molar-refractivity contribution in [3.63, 3.8) is 0 Å². The third kappa shape index (κ3) is 3.47. The molecule has 0 bridgehead atoms. The van der Waals surface area contributed by atoms with E-state index in [-0.39, 0.29) is 12.4 Å². The molecular weight excluding hydrogens is 248 g/mol. The highest BCUT2D eigenvalue weighted by atomic mass is 35.5. The summed E-state index contributed by atoms with van der Waals surface area (Å²) in [4.78, 5) is 2.45. The second kappa shape index (κ2) is 6.76. The Kier molecular flexibility index (Phi) is 5.63. The van der Waals surface area contributed by atoms with Crippen LogP contribution in [0, 0.1) is 5.92 Å². The maximum absolute atomic E-state index is 8.92. The molecule has 0 saturated carbocycles. The third-order valence-electron chi connectivity index (χ3n) is 3.56. The van der Waals surface area contributed by atoms with Gasteiger partial charge in [0.1, 0.15) is 0 Å². The van der Waals surface area contributed by atoms with Gasteiger partial charge in [0.05, 0.1) is 5.71 Å². The number of likely N-dealkylation sites (tertiary alicyclic amines) is 1. The Labute approximate surface area is 115 Å². The van der Waals surface area contributed by atoms with E-state index in [9.17, 15) is 0 Å². The van der Waals surface area contributed by atoms with E-state index in [1.807, 2.05) is 6.07 Å². The van der Waals surface area contributed by atoms with Crippen LogP contribution in [-0.4, -0.2) is 28.4 Å². The van der Waals surface area contributed by atoms with Crippen LogP contribution in [0.25, 0.3) is 0 Å². The summed E-state index contributed by atoms with van der Waals surface area (Å²) in [5.74, 6) is 0.347. The van der Waals surface area contributed by atoms with Crippen molar-refractivity contribution in [1.82, 2.24) is 4.90 Å². The number of oxime groups is 1. The Bertz CT molecular complexity index is 394. The van der Waals surface area contributed by atoms with Crippen molar-refractivity contribution in [1.29, 1.82) is 0 Å². The fraction of sp³-hybridized carbons (Fsp3) is 0.500. The zero-order valence-electron chi connectivity index (χ0n) is 10.9. The summed E-state index contributed by atoms with van der Waals surface area (Å²) in [6.07, 6.45) is 0.866. The molecule has 1 aliphatic rings. The zero-order valence-corrected chi connectivity index (χ0v) is 11.7.